The summed E-state index contributed by atoms with van der Waals surface area (Å²) >= 11 is 6.52. The van der Waals surface area contributed by atoms with Crippen LogP contribution >= 0.6 is 11.6 Å². The number of alkyl halides is 2. The largest absolute Gasteiger partial charge is 0.351 e. The van der Waals surface area contributed by atoms with E-state index < -0.39 is 60.4 Å². The normalized spacial score (nSPS) is 19.2. The number of anilines is 2. The van der Waals surface area contributed by atoms with Gasteiger partial charge in [0.15, 0.2) is 0 Å². The maximum Gasteiger partial charge on any atom is 0.252 e. The summed E-state index contributed by atoms with van der Waals surface area (Å²) in [7, 11) is 1.64. The van der Waals surface area contributed by atoms with Crippen molar-refractivity contribution >= 4 is 40.8 Å². The van der Waals surface area contributed by atoms with Crippen LogP contribution in [0.2, 0.25) is 5.02 Å². The molecule has 3 aromatic rings. The van der Waals surface area contributed by atoms with Gasteiger partial charge in [-0.15, -0.1) is 0 Å². The molecule has 1 aliphatic heterocycles. The molecule has 0 spiro atoms. The zero-order valence-electron chi connectivity index (χ0n) is 22.9. The van der Waals surface area contributed by atoms with E-state index in [9.17, 15) is 32.8 Å². The molecule has 43 heavy (non-hydrogen) atoms. The van der Waals surface area contributed by atoms with E-state index >= 15 is 0 Å². The number of benzene rings is 2. The first-order valence-electron chi connectivity index (χ1n) is 13.4. The quantitative estimate of drug-likeness (QED) is 0.432. The third kappa shape index (κ3) is 6.33. The van der Waals surface area contributed by atoms with Crippen molar-refractivity contribution in [2.24, 2.45) is 0 Å². The third-order valence-electron chi connectivity index (χ3n) is 7.34. The zero-order valence-corrected chi connectivity index (χ0v) is 23.6. The number of carbonyl (C=O) groups is 3. The van der Waals surface area contributed by atoms with E-state index in [0.717, 1.165) is 21.9 Å². The second kappa shape index (κ2) is 12.0. The Morgan fingerprint density at radius 3 is 2.58 bits per heavy atom. The molecule has 1 N–H and O–H groups in total. The number of hydrogen-bond donors (Lipinski definition) is 1. The van der Waals surface area contributed by atoms with Crippen molar-refractivity contribution in [2.75, 3.05) is 29.9 Å². The minimum atomic E-state index is -2.92. The van der Waals surface area contributed by atoms with E-state index in [0.29, 0.717) is 0 Å². The van der Waals surface area contributed by atoms with Gasteiger partial charge in [-0.3, -0.25) is 29.1 Å². The molecule has 1 saturated heterocycles. The topological polar surface area (TPSA) is 110 Å². The fraction of sp³-hybridized carbons (Fsp3) is 0.300. The van der Waals surface area contributed by atoms with Gasteiger partial charge in [0.2, 0.25) is 11.8 Å². The lowest BCUT2D eigenvalue weighted by Gasteiger charge is -2.42. The predicted octanol–water partition coefficient (Wildman–Crippen LogP) is 4.08. The summed E-state index contributed by atoms with van der Waals surface area (Å²) in [6.45, 7) is -0.0624. The average Bonchev–Trinajstić information content (AvgIpc) is 2.94. The fourth-order valence-electron chi connectivity index (χ4n) is 5.35. The van der Waals surface area contributed by atoms with Crippen molar-refractivity contribution in [2.45, 2.75) is 36.9 Å². The molecular weight excluding hydrogens is 585 g/mol. The number of halogens is 4. The molecule has 5 rings (SSSR count). The zero-order chi connectivity index (χ0) is 30.9. The van der Waals surface area contributed by atoms with Crippen molar-refractivity contribution < 1.29 is 27.6 Å². The van der Waals surface area contributed by atoms with Crippen LogP contribution in [-0.2, 0) is 14.4 Å². The maximum absolute atomic E-state index is 14.7. The standard InChI is InChI=1S/C30H26ClF3N6O3/c1-38-16-24(40(26(41)17-38)25-11-18(15-35)9-10-36-25)29(43)39(21-6-4-5-19(32)12-21)27(22-7-2-3-8-23(22)31)28(42)37-20-13-30(33,34)14-20/h2-12,20,24,27H,13-14,16-17H2,1H3,(H,37,42). The number of piperazine rings is 1. The van der Waals surface area contributed by atoms with Gasteiger partial charge in [0.05, 0.1) is 18.2 Å². The summed E-state index contributed by atoms with van der Waals surface area (Å²) in [4.78, 5) is 50.0. The summed E-state index contributed by atoms with van der Waals surface area (Å²) in [5.74, 6) is -5.67. The van der Waals surface area contributed by atoms with Gasteiger partial charge >= 0.3 is 0 Å². The van der Waals surface area contributed by atoms with E-state index in [2.05, 4.69) is 10.3 Å². The number of nitrogens with zero attached hydrogens (tertiary/aromatic N) is 5. The number of amides is 3. The number of aromatic nitrogens is 1. The fourth-order valence-corrected chi connectivity index (χ4v) is 5.58. The Labute approximate surface area is 250 Å². The Kier molecular flexibility index (Phi) is 8.39. The summed E-state index contributed by atoms with van der Waals surface area (Å²) in [6.07, 6.45) is 0.191. The molecule has 2 atom stereocenters. The van der Waals surface area contributed by atoms with Crippen LogP contribution in [0.1, 0.15) is 30.0 Å². The van der Waals surface area contributed by atoms with Gasteiger partial charge in [0, 0.05) is 47.9 Å². The first-order chi connectivity index (χ1) is 20.5. The molecule has 2 unspecified atom stereocenters. The van der Waals surface area contributed by atoms with Gasteiger partial charge in [0.1, 0.15) is 23.7 Å². The highest BCUT2D eigenvalue weighted by atomic mass is 35.5. The highest BCUT2D eigenvalue weighted by Crippen LogP contribution is 2.39. The molecule has 0 radical (unpaired) electrons. The number of nitrogens with one attached hydrogen (secondary N) is 1. The molecular formula is C30H26ClF3N6O3. The summed E-state index contributed by atoms with van der Waals surface area (Å²) in [5.41, 5.74) is 0.343. The lowest BCUT2D eigenvalue weighted by atomic mass is 9.87. The first kappa shape index (κ1) is 30.0. The molecule has 1 aromatic heterocycles. The third-order valence-corrected chi connectivity index (χ3v) is 7.69. The Hall–Kier alpha value is -4.47. The number of carbonyl (C=O) groups excluding carboxylic acids is 3. The molecule has 2 aliphatic rings. The first-order valence-corrected chi connectivity index (χ1v) is 13.7. The van der Waals surface area contributed by atoms with Crippen molar-refractivity contribution in [1.29, 1.82) is 5.26 Å². The molecule has 1 saturated carbocycles. The van der Waals surface area contributed by atoms with Crippen LogP contribution in [0.4, 0.5) is 24.7 Å². The van der Waals surface area contributed by atoms with Gasteiger partial charge in [-0.25, -0.2) is 18.2 Å². The Morgan fingerprint density at radius 1 is 1.16 bits per heavy atom. The monoisotopic (exact) mass is 610 g/mol. The van der Waals surface area contributed by atoms with Gasteiger partial charge in [-0.2, -0.15) is 5.26 Å². The van der Waals surface area contributed by atoms with E-state index in [1.165, 1.54) is 42.6 Å². The van der Waals surface area contributed by atoms with Crippen molar-refractivity contribution in [3.63, 3.8) is 0 Å². The summed E-state index contributed by atoms with van der Waals surface area (Å²) < 4.78 is 41.9. The number of hydrogen-bond acceptors (Lipinski definition) is 6. The summed E-state index contributed by atoms with van der Waals surface area (Å²) in [5, 5.41) is 12.1. The number of pyridine rings is 1. The minimum absolute atomic E-state index is 0.000554. The van der Waals surface area contributed by atoms with Crippen LogP contribution in [0.25, 0.3) is 0 Å². The molecule has 2 heterocycles. The van der Waals surface area contributed by atoms with Crippen molar-refractivity contribution in [3.05, 3.63) is 88.8 Å². The molecule has 0 bridgehead atoms. The smallest absolute Gasteiger partial charge is 0.252 e. The van der Waals surface area contributed by atoms with Gasteiger partial charge in [-0.05, 0) is 43.4 Å². The molecule has 222 valence electrons. The minimum Gasteiger partial charge on any atom is -0.351 e. The highest BCUT2D eigenvalue weighted by Gasteiger charge is 2.48. The molecule has 1 aliphatic carbocycles. The van der Waals surface area contributed by atoms with E-state index in [4.69, 9.17) is 11.6 Å². The van der Waals surface area contributed by atoms with Crippen LogP contribution in [0, 0.1) is 17.1 Å². The molecule has 13 heteroatoms. The second-order valence-corrected chi connectivity index (χ2v) is 11.0. The lowest BCUT2D eigenvalue weighted by molar-refractivity contribution is -0.133. The molecule has 3 amide bonds. The highest BCUT2D eigenvalue weighted by molar-refractivity contribution is 6.31. The van der Waals surface area contributed by atoms with Crippen LogP contribution in [0.3, 0.4) is 0 Å². The number of rotatable bonds is 7. The van der Waals surface area contributed by atoms with Crippen molar-refractivity contribution in [3.8, 4) is 6.07 Å². The van der Waals surface area contributed by atoms with Crippen LogP contribution in [0.15, 0.2) is 66.9 Å². The summed E-state index contributed by atoms with van der Waals surface area (Å²) in [6, 6.07) is 12.3. The van der Waals surface area contributed by atoms with Gasteiger partial charge < -0.3 is 5.32 Å². The van der Waals surface area contributed by atoms with Crippen LogP contribution < -0.4 is 15.1 Å². The lowest BCUT2D eigenvalue weighted by Crippen LogP contribution is -2.63. The van der Waals surface area contributed by atoms with Crippen molar-refractivity contribution in [1.82, 2.24) is 15.2 Å². The van der Waals surface area contributed by atoms with Crippen LogP contribution in [0.5, 0.6) is 0 Å². The molecule has 2 aromatic carbocycles. The van der Waals surface area contributed by atoms with E-state index in [1.54, 1.807) is 24.1 Å². The van der Waals surface area contributed by atoms with E-state index in [-0.39, 0.29) is 40.7 Å². The average molecular weight is 611 g/mol. The molecule has 2 fully saturated rings. The Morgan fingerprint density at radius 2 is 1.91 bits per heavy atom. The second-order valence-electron chi connectivity index (χ2n) is 10.6. The Balaban J connectivity index is 1.64. The predicted molar refractivity (Wildman–Crippen MR) is 152 cm³/mol. The SMILES string of the molecule is CN1CC(=O)N(c2cc(C#N)ccn2)C(C(=O)N(c2cccc(F)c2)C(C(=O)NC2CC(F)(F)C2)c2ccccc2Cl)C1. The van der Waals surface area contributed by atoms with Gasteiger partial charge in [0.25, 0.3) is 11.8 Å². The van der Waals surface area contributed by atoms with Crippen LogP contribution in [-0.4, -0.2) is 65.7 Å². The maximum atomic E-state index is 14.7. The molecule has 9 nitrogen and oxygen atoms in total. The number of likely N-dealkylation sites (N-methyl/N-ethyl adjacent to an activating group) is 1. The van der Waals surface area contributed by atoms with Gasteiger partial charge in [-0.1, -0.05) is 35.9 Å². The van der Waals surface area contributed by atoms with E-state index in [1.807, 2.05) is 6.07 Å². The number of nitriles is 1. The Bertz CT molecular complexity index is 1610.